The Morgan fingerprint density at radius 1 is 1.08 bits per heavy atom. The minimum atomic E-state index is 0. The molecule has 2 rings (SSSR count). The highest BCUT2D eigenvalue weighted by molar-refractivity contribution is 9.10. The fourth-order valence-electron chi connectivity index (χ4n) is 2.18. The monoisotopic (exact) mass is 467 g/mol. The standard InChI is InChI=1S/C18H20BrCl2NO2.ClH/c1-3-22-10-12-7-15(19)18(17(8-12)23-4-2)24-11-13-5-6-14(20)9-16(13)21;/h5-9,22H,3-4,10-11H2,1-2H3;1H. The van der Waals surface area contributed by atoms with E-state index in [0.29, 0.717) is 34.8 Å². The van der Waals surface area contributed by atoms with Crippen molar-refractivity contribution in [1.82, 2.24) is 5.32 Å². The lowest BCUT2D eigenvalue weighted by Gasteiger charge is -2.16. The third-order valence-electron chi connectivity index (χ3n) is 3.34. The van der Waals surface area contributed by atoms with Crippen LogP contribution in [0.4, 0.5) is 0 Å². The van der Waals surface area contributed by atoms with Gasteiger partial charge in [0, 0.05) is 22.2 Å². The fourth-order valence-corrected chi connectivity index (χ4v) is 3.25. The molecular weight excluding hydrogens is 448 g/mol. The molecule has 0 bridgehead atoms. The number of hydrogen-bond donors (Lipinski definition) is 1. The van der Waals surface area contributed by atoms with Gasteiger partial charge in [0.25, 0.3) is 0 Å². The summed E-state index contributed by atoms with van der Waals surface area (Å²) in [6, 6.07) is 9.39. The van der Waals surface area contributed by atoms with Crippen LogP contribution in [0.2, 0.25) is 10.0 Å². The number of rotatable bonds is 8. The molecule has 138 valence electrons. The summed E-state index contributed by atoms with van der Waals surface area (Å²) >= 11 is 15.7. The maximum atomic E-state index is 6.20. The van der Waals surface area contributed by atoms with Gasteiger partial charge in [-0.15, -0.1) is 12.4 Å². The van der Waals surface area contributed by atoms with E-state index >= 15 is 0 Å². The summed E-state index contributed by atoms with van der Waals surface area (Å²) < 4.78 is 12.6. The van der Waals surface area contributed by atoms with Gasteiger partial charge in [-0.25, -0.2) is 0 Å². The van der Waals surface area contributed by atoms with Gasteiger partial charge in [0.2, 0.25) is 0 Å². The first-order chi connectivity index (χ1) is 11.5. The van der Waals surface area contributed by atoms with Crippen molar-refractivity contribution in [3.63, 3.8) is 0 Å². The number of benzene rings is 2. The van der Waals surface area contributed by atoms with Crippen molar-refractivity contribution in [2.75, 3.05) is 13.2 Å². The van der Waals surface area contributed by atoms with E-state index in [0.717, 1.165) is 28.7 Å². The molecule has 0 unspecified atom stereocenters. The van der Waals surface area contributed by atoms with Crippen LogP contribution in [0, 0.1) is 0 Å². The SMILES string of the molecule is CCNCc1cc(Br)c(OCc2ccc(Cl)cc2Cl)c(OCC)c1.Cl. The fraction of sp³-hybridized carbons (Fsp3) is 0.333. The van der Waals surface area contributed by atoms with Crippen LogP contribution >= 0.6 is 51.5 Å². The van der Waals surface area contributed by atoms with Crippen molar-refractivity contribution in [2.24, 2.45) is 0 Å². The number of hydrogen-bond acceptors (Lipinski definition) is 3. The highest BCUT2D eigenvalue weighted by Crippen LogP contribution is 2.38. The highest BCUT2D eigenvalue weighted by Gasteiger charge is 2.13. The van der Waals surface area contributed by atoms with Crippen molar-refractivity contribution in [3.05, 3.63) is 56.0 Å². The lowest BCUT2D eigenvalue weighted by atomic mass is 10.2. The minimum Gasteiger partial charge on any atom is -0.490 e. The summed E-state index contributed by atoms with van der Waals surface area (Å²) in [7, 11) is 0. The summed E-state index contributed by atoms with van der Waals surface area (Å²) in [5.74, 6) is 1.38. The second kappa shape index (κ2) is 11.1. The maximum absolute atomic E-state index is 6.20. The van der Waals surface area contributed by atoms with E-state index in [-0.39, 0.29) is 12.4 Å². The largest absolute Gasteiger partial charge is 0.490 e. The average molecular weight is 470 g/mol. The molecule has 0 saturated carbocycles. The predicted octanol–water partition coefficient (Wildman–Crippen LogP) is 6.26. The van der Waals surface area contributed by atoms with Gasteiger partial charge >= 0.3 is 0 Å². The average Bonchev–Trinajstić information content (AvgIpc) is 2.54. The van der Waals surface area contributed by atoms with Crippen molar-refractivity contribution >= 4 is 51.5 Å². The predicted molar refractivity (Wildman–Crippen MR) is 111 cm³/mol. The molecule has 1 N–H and O–H groups in total. The minimum absolute atomic E-state index is 0. The van der Waals surface area contributed by atoms with Crippen LogP contribution in [-0.4, -0.2) is 13.2 Å². The Hall–Kier alpha value is -0.650. The molecule has 7 heteroatoms. The van der Waals surface area contributed by atoms with Crippen molar-refractivity contribution in [3.8, 4) is 11.5 Å². The quantitative estimate of drug-likeness (QED) is 0.495. The van der Waals surface area contributed by atoms with Crippen LogP contribution in [0.3, 0.4) is 0 Å². The Bertz CT molecular complexity index is 698. The Morgan fingerprint density at radius 2 is 1.84 bits per heavy atom. The lowest BCUT2D eigenvalue weighted by Crippen LogP contribution is -2.12. The Labute approximate surface area is 173 Å². The van der Waals surface area contributed by atoms with E-state index in [2.05, 4.69) is 28.2 Å². The second-order valence-electron chi connectivity index (χ2n) is 5.14. The number of nitrogens with one attached hydrogen (secondary N) is 1. The van der Waals surface area contributed by atoms with Crippen molar-refractivity contribution in [1.29, 1.82) is 0 Å². The Balaban J connectivity index is 0.00000312. The van der Waals surface area contributed by atoms with Gasteiger partial charge in [0.1, 0.15) is 6.61 Å². The van der Waals surface area contributed by atoms with Crippen LogP contribution < -0.4 is 14.8 Å². The second-order valence-corrected chi connectivity index (χ2v) is 6.84. The zero-order valence-corrected chi connectivity index (χ0v) is 18.0. The van der Waals surface area contributed by atoms with Crippen LogP contribution in [0.25, 0.3) is 0 Å². The van der Waals surface area contributed by atoms with E-state index in [1.165, 1.54) is 0 Å². The number of halogens is 4. The summed E-state index contributed by atoms with van der Waals surface area (Å²) in [5.41, 5.74) is 2.00. The normalized spacial score (nSPS) is 10.3. The molecule has 0 heterocycles. The molecule has 0 aliphatic heterocycles. The molecule has 0 aliphatic carbocycles. The number of ether oxygens (including phenoxy) is 2. The van der Waals surface area contributed by atoms with Gasteiger partial charge in [0.15, 0.2) is 11.5 Å². The molecule has 0 radical (unpaired) electrons. The van der Waals surface area contributed by atoms with Crippen LogP contribution in [0.5, 0.6) is 11.5 Å². The Morgan fingerprint density at radius 3 is 2.48 bits per heavy atom. The molecular formula is C18H21BrCl3NO2. The highest BCUT2D eigenvalue weighted by atomic mass is 79.9. The van der Waals surface area contributed by atoms with Gasteiger partial charge < -0.3 is 14.8 Å². The third-order valence-corrected chi connectivity index (χ3v) is 4.51. The summed E-state index contributed by atoms with van der Waals surface area (Å²) in [4.78, 5) is 0. The van der Waals surface area contributed by atoms with Crippen LogP contribution in [0.15, 0.2) is 34.8 Å². The molecule has 2 aromatic rings. The van der Waals surface area contributed by atoms with Gasteiger partial charge in [-0.1, -0.05) is 36.2 Å². The Kier molecular flexibility index (Phi) is 9.98. The third kappa shape index (κ3) is 6.54. The maximum Gasteiger partial charge on any atom is 0.175 e. The summed E-state index contributed by atoms with van der Waals surface area (Å²) in [6.07, 6.45) is 0. The molecule has 0 fully saturated rings. The van der Waals surface area contributed by atoms with E-state index in [1.807, 2.05) is 25.1 Å². The van der Waals surface area contributed by atoms with Crippen LogP contribution in [0.1, 0.15) is 25.0 Å². The molecule has 3 nitrogen and oxygen atoms in total. The van der Waals surface area contributed by atoms with Crippen molar-refractivity contribution in [2.45, 2.75) is 27.0 Å². The summed E-state index contributed by atoms with van der Waals surface area (Å²) in [6.45, 7) is 6.61. The molecule has 2 aromatic carbocycles. The lowest BCUT2D eigenvalue weighted by molar-refractivity contribution is 0.267. The molecule has 0 amide bonds. The first-order valence-corrected chi connectivity index (χ1v) is 9.32. The van der Waals surface area contributed by atoms with E-state index in [4.69, 9.17) is 32.7 Å². The van der Waals surface area contributed by atoms with Crippen molar-refractivity contribution < 1.29 is 9.47 Å². The molecule has 0 aliphatic rings. The van der Waals surface area contributed by atoms with Crippen LogP contribution in [-0.2, 0) is 13.2 Å². The molecule has 0 aromatic heterocycles. The van der Waals surface area contributed by atoms with E-state index in [9.17, 15) is 0 Å². The van der Waals surface area contributed by atoms with Gasteiger partial charge in [-0.05, 0) is 59.2 Å². The zero-order valence-electron chi connectivity index (χ0n) is 14.1. The van der Waals surface area contributed by atoms with Gasteiger partial charge in [-0.2, -0.15) is 0 Å². The smallest absolute Gasteiger partial charge is 0.175 e. The molecule has 25 heavy (non-hydrogen) atoms. The molecule has 0 spiro atoms. The first kappa shape index (κ1) is 22.4. The van der Waals surface area contributed by atoms with E-state index in [1.54, 1.807) is 12.1 Å². The summed E-state index contributed by atoms with van der Waals surface area (Å²) in [5, 5.41) is 4.49. The zero-order chi connectivity index (χ0) is 17.5. The molecule has 0 saturated heterocycles. The first-order valence-electron chi connectivity index (χ1n) is 7.77. The van der Waals surface area contributed by atoms with Gasteiger partial charge in [0.05, 0.1) is 11.1 Å². The molecule has 0 atom stereocenters. The van der Waals surface area contributed by atoms with E-state index < -0.39 is 0 Å². The van der Waals surface area contributed by atoms with Gasteiger partial charge in [-0.3, -0.25) is 0 Å². The topological polar surface area (TPSA) is 30.5 Å².